The number of hydroxylamine groups is 2. The standard InChI is InChI=1S/C15H28NO4/c1-14(2)10-12(11-15(3,4)16(14)19)20-13(18)8-6-5-7-9-17/h12,17H,5-11H2,1-4H3. The van der Waals surface area contributed by atoms with Crippen molar-refractivity contribution in [3.63, 3.8) is 0 Å². The van der Waals surface area contributed by atoms with E-state index in [0.29, 0.717) is 19.3 Å². The highest BCUT2D eigenvalue weighted by molar-refractivity contribution is 5.69. The molecule has 5 nitrogen and oxygen atoms in total. The van der Waals surface area contributed by atoms with Gasteiger partial charge in [0.1, 0.15) is 6.10 Å². The summed E-state index contributed by atoms with van der Waals surface area (Å²) < 4.78 is 5.52. The zero-order valence-electron chi connectivity index (χ0n) is 13.1. The number of carbonyl (C=O) groups is 1. The molecular weight excluding hydrogens is 258 g/mol. The first kappa shape index (κ1) is 17.4. The van der Waals surface area contributed by atoms with Crippen LogP contribution in [0.2, 0.25) is 0 Å². The van der Waals surface area contributed by atoms with E-state index in [2.05, 4.69) is 0 Å². The number of aliphatic hydroxyl groups is 1. The molecule has 1 aliphatic rings. The first-order valence-electron chi connectivity index (χ1n) is 7.47. The van der Waals surface area contributed by atoms with Crippen LogP contribution in [0.5, 0.6) is 0 Å². The lowest BCUT2D eigenvalue weighted by Gasteiger charge is -2.49. The fraction of sp³-hybridized carbons (Fsp3) is 0.933. The summed E-state index contributed by atoms with van der Waals surface area (Å²) in [4.78, 5) is 11.8. The van der Waals surface area contributed by atoms with Crippen LogP contribution in [0, 0.1) is 0 Å². The molecule has 1 saturated heterocycles. The number of esters is 1. The van der Waals surface area contributed by atoms with Crippen LogP contribution in [0.4, 0.5) is 0 Å². The number of hydrogen-bond donors (Lipinski definition) is 1. The monoisotopic (exact) mass is 286 g/mol. The van der Waals surface area contributed by atoms with Crippen LogP contribution in [0.1, 0.15) is 66.2 Å². The number of piperidine rings is 1. The van der Waals surface area contributed by atoms with Gasteiger partial charge in [0, 0.05) is 36.9 Å². The van der Waals surface area contributed by atoms with Gasteiger partial charge in [-0.2, -0.15) is 0 Å². The molecule has 0 aliphatic carbocycles. The maximum Gasteiger partial charge on any atom is 0.306 e. The summed E-state index contributed by atoms with van der Waals surface area (Å²) in [5.74, 6) is -0.195. The predicted molar refractivity (Wildman–Crippen MR) is 75.4 cm³/mol. The molecule has 0 spiro atoms. The highest BCUT2D eigenvalue weighted by Gasteiger charge is 2.47. The summed E-state index contributed by atoms with van der Waals surface area (Å²) >= 11 is 0. The molecule has 0 aromatic carbocycles. The molecule has 0 aromatic rings. The summed E-state index contributed by atoms with van der Waals surface area (Å²) in [7, 11) is 0. The molecule has 20 heavy (non-hydrogen) atoms. The number of unbranched alkanes of at least 4 members (excludes halogenated alkanes) is 2. The van der Waals surface area contributed by atoms with E-state index in [9.17, 15) is 10.0 Å². The van der Waals surface area contributed by atoms with Crippen molar-refractivity contribution in [1.29, 1.82) is 0 Å². The van der Waals surface area contributed by atoms with Gasteiger partial charge in [0.05, 0.1) is 0 Å². The van der Waals surface area contributed by atoms with E-state index in [1.54, 1.807) is 0 Å². The number of nitrogens with zero attached hydrogens (tertiary/aromatic N) is 1. The fourth-order valence-corrected chi connectivity index (χ4v) is 3.06. The molecular formula is C15H28NO4. The number of aliphatic hydroxyl groups excluding tert-OH is 1. The Hall–Kier alpha value is -0.650. The minimum atomic E-state index is -0.510. The normalized spacial score (nSPS) is 22.7. The Morgan fingerprint density at radius 3 is 2.20 bits per heavy atom. The number of hydrogen-bond acceptors (Lipinski definition) is 4. The lowest BCUT2D eigenvalue weighted by atomic mass is 9.80. The van der Waals surface area contributed by atoms with E-state index in [1.807, 2.05) is 27.7 Å². The third kappa shape index (κ3) is 4.72. The lowest BCUT2D eigenvalue weighted by molar-refractivity contribution is -0.299. The van der Waals surface area contributed by atoms with E-state index in [-0.39, 0.29) is 18.7 Å². The first-order valence-corrected chi connectivity index (χ1v) is 7.47. The van der Waals surface area contributed by atoms with E-state index >= 15 is 0 Å². The Morgan fingerprint density at radius 1 is 1.15 bits per heavy atom. The van der Waals surface area contributed by atoms with Crippen molar-refractivity contribution in [2.75, 3.05) is 6.61 Å². The molecule has 1 fully saturated rings. The second-order valence-electron chi connectivity index (χ2n) is 6.97. The topological polar surface area (TPSA) is 69.7 Å². The van der Waals surface area contributed by atoms with E-state index in [1.165, 1.54) is 0 Å². The van der Waals surface area contributed by atoms with Crippen molar-refractivity contribution in [2.24, 2.45) is 0 Å². The Morgan fingerprint density at radius 2 is 1.70 bits per heavy atom. The second-order valence-corrected chi connectivity index (χ2v) is 6.97. The molecule has 1 rings (SSSR count). The molecule has 1 N–H and O–H groups in total. The molecule has 0 atom stereocenters. The first-order chi connectivity index (χ1) is 9.19. The van der Waals surface area contributed by atoms with Gasteiger partial charge in [-0.3, -0.25) is 4.79 Å². The van der Waals surface area contributed by atoms with Crippen LogP contribution in [0.3, 0.4) is 0 Å². The quantitative estimate of drug-likeness (QED) is 0.601. The molecule has 1 radical (unpaired) electrons. The average molecular weight is 286 g/mol. The molecule has 0 bridgehead atoms. The summed E-state index contributed by atoms with van der Waals surface area (Å²) in [6.07, 6.45) is 3.65. The molecule has 0 unspecified atom stereocenters. The van der Waals surface area contributed by atoms with Crippen molar-refractivity contribution in [2.45, 2.75) is 83.4 Å². The third-order valence-corrected chi connectivity index (χ3v) is 3.89. The summed E-state index contributed by atoms with van der Waals surface area (Å²) in [5, 5.41) is 22.0. The second kappa shape index (κ2) is 6.87. The van der Waals surface area contributed by atoms with Crippen LogP contribution in [0.25, 0.3) is 0 Å². The van der Waals surface area contributed by atoms with Gasteiger partial charge in [0.2, 0.25) is 0 Å². The summed E-state index contributed by atoms with van der Waals surface area (Å²) in [6.45, 7) is 7.73. The van der Waals surface area contributed by atoms with Crippen LogP contribution in [-0.2, 0) is 14.7 Å². The minimum Gasteiger partial charge on any atom is -0.462 e. The fourth-order valence-electron chi connectivity index (χ4n) is 3.06. The maximum absolute atomic E-state index is 12.2. The molecule has 0 aromatic heterocycles. The van der Waals surface area contributed by atoms with Gasteiger partial charge in [-0.15, -0.1) is 10.3 Å². The predicted octanol–water partition coefficient (Wildman–Crippen LogP) is 2.45. The molecule has 117 valence electrons. The molecule has 0 amide bonds. The van der Waals surface area contributed by atoms with Gasteiger partial charge in [0.25, 0.3) is 0 Å². The van der Waals surface area contributed by atoms with E-state index in [4.69, 9.17) is 9.84 Å². The Bertz CT molecular complexity index is 310. The summed E-state index contributed by atoms with van der Waals surface area (Å²) in [6, 6.07) is 0. The van der Waals surface area contributed by atoms with Crippen LogP contribution >= 0.6 is 0 Å². The van der Waals surface area contributed by atoms with Crippen LogP contribution in [-0.4, -0.2) is 39.9 Å². The van der Waals surface area contributed by atoms with Crippen LogP contribution in [0.15, 0.2) is 0 Å². The zero-order chi connectivity index (χ0) is 15.4. The number of ether oxygens (including phenoxy) is 1. The lowest BCUT2D eigenvalue weighted by Crippen LogP contribution is -2.60. The Balaban J connectivity index is 2.46. The molecule has 5 heteroatoms. The van der Waals surface area contributed by atoms with Gasteiger partial charge in [0.15, 0.2) is 0 Å². The van der Waals surface area contributed by atoms with Gasteiger partial charge >= 0.3 is 5.97 Å². The number of rotatable bonds is 6. The van der Waals surface area contributed by atoms with Crippen molar-refractivity contribution in [1.82, 2.24) is 5.06 Å². The van der Waals surface area contributed by atoms with Gasteiger partial charge in [-0.05, 0) is 40.5 Å². The molecule has 0 saturated carbocycles. The summed E-state index contributed by atoms with van der Waals surface area (Å²) in [5.41, 5.74) is -1.02. The maximum atomic E-state index is 12.2. The van der Waals surface area contributed by atoms with Crippen molar-refractivity contribution >= 4 is 5.97 Å². The SMILES string of the molecule is CC1(C)CC(OC(=O)CCCCCO)CC(C)(C)N1[O]. The van der Waals surface area contributed by atoms with Crippen molar-refractivity contribution in [3.05, 3.63) is 0 Å². The third-order valence-electron chi connectivity index (χ3n) is 3.89. The van der Waals surface area contributed by atoms with Crippen molar-refractivity contribution in [3.8, 4) is 0 Å². The smallest absolute Gasteiger partial charge is 0.306 e. The van der Waals surface area contributed by atoms with E-state index < -0.39 is 11.1 Å². The minimum absolute atomic E-state index is 0.166. The van der Waals surface area contributed by atoms with Crippen molar-refractivity contribution < 1.29 is 19.8 Å². The van der Waals surface area contributed by atoms with E-state index in [0.717, 1.165) is 24.3 Å². The zero-order valence-corrected chi connectivity index (χ0v) is 13.1. The van der Waals surface area contributed by atoms with Gasteiger partial charge in [-0.25, -0.2) is 0 Å². The van der Waals surface area contributed by atoms with Crippen LogP contribution < -0.4 is 0 Å². The largest absolute Gasteiger partial charge is 0.462 e. The van der Waals surface area contributed by atoms with Gasteiger partial charge in [-0.1, -0.05) is 6.42 Å². The number of carbonyl (C=O) groups excluding carboxylic acids is 1. The Kier molecular flexibility index (Phi) is 5.98. The highest BCUT2D eigenvalue weighted by atomic mass is 16.5. The van der Waals surface area contributed by atoms with Gasteiger partial charge < -0.3 is 9.84 Å². The Labute approximate surface area is 121 Å². The molecule has 1 heterocycles. The molecule has 1 aliphatic heterocycles. The highest BCUT2D eigenvalue weighted by Crippen LogP contribution is 2.38. The average Bonchev–Trinajstić information content (AvgIpc) is 2.31.